The minimum Gasteiger partial charge on any atom is -0.399 e. The number of terminal acetylenes is 1. The van der Waals surface area contributed by atoms with Crippen molar-refractivity contribution in [3.63, 3.8) is 0 Å². The van der Waals surface area contributed by atoms with Crippen LogP contribution < -0.4 is 5.73 Å². The number of nitrogen functional groups attached to an aromatic ring is 1. The van der Waals surface area contributed by atoms with Gasteiger partial charge in [0.05, 0.1) is 0 Å². The van der Waals surface area contributed by atoms with Gasteiger partial charge in [0, 0.05) is 11.3 Å². The summed E-state index contributed by atoms with van der Waals surface area (Å²) in [4.78, 5) is 0. The molecule has 0 spiro atoms. The Morgan fingerprint density at radius 3 is 2.69 bits per heavy atom. The third kappa shape index (κ3) is 1.23. The van der Waals surface area contributed by atoms with Crippen LogP contribution in [0.25, 0.3) is 10.8 Å². The van der Waals surface area contributed by atoms with Gasteiger partial charge in [-0.05, 0) is 22.9 Å². The van der Waals surface area contributed by atoms with Gasteiger partial charge in [-0.15, -0.1) is 6.42 Å². The second-order valence-corrected chi connectivity index (χ2v) is 2.93. The van der Waals surface area contributed by atoms with E-state index in [1.807, 2.05) is 36.4 Å². The van der Waals surface area contributed by atoms with E-state index in [0.29, 0.717) is 5.69 Å². The summed E-state index contributed by atoms with van der Waals surface area (Å²) in [6.45, 7) is 0. The molecule has 0 fully saturated rings. The number of nitrogens with two attached hydrogens (primary N) is 1. The number of rotatable bonds is 0. The van der Waals surface area contributed by atoms with Crippen LogP contribution in [0.4, 0.5) is 5.69 Å². The van der Waals surface area contributed by atoms with Crippen molar-refractivity contribution < 1.29 is 0 Å². The maximum absolute atomic E-state index is 5.70. The third-order valence-corrected chi connectivity index (χ3v) is 2.04. The van der Waals surface area contributed by atoms with Gasteiger partial charge in [0.1, 0.15) is 0 Å². The third-order valence-electron chi connectivity index (χ3n) is 2.04. The van der Waals surface area contributed by atoms with Gasteiger partial charge >= 0.3 is 0 Å². The van der Waals surface area contributed by atoms with E-state index in [1.165, 1.54) is 0 Å². The molecule has 0 aliphatic heterocycles. The summed E-state index contributed by atoms with van der Waals surface area (Å²) >= 11 is 0. The zero-order valence-corrected chi connectivity index (χ0v) is 7.12. The summed E-state index contributed by atoms with van der Waals surface area (Å²) in [7, 11) is 0. The molecule has 13 heavy (non-hydrogen) atoms. The Morgan fingerprint density at radius 1 is 1.15 bits per heavy atom. The molecule has 2 N–H and O–H groups in total. The molecular formula is C12H9N. The van der Waals surface area contributed by atoms with Crippen LogP contribution in [-0.4, -0.2) is 0 Å². The first-order chi connectivity index (χ1) is 6.31. The molecule has 0 heterocycles. The van der Waals surface area contributed by atoms with Crippen molar-refractivity contribution >= 4 is 16.5 Å². The highest BCUT2D eigenvalue weighted by atomic mass is 14.5. The summed E-state index contributed by atoms with van der Waals surface area (Å²) in [5.74, 6) is 2.63. The Hall–Kier alpha value is -1.94. The van der Waals surface area contributed by atoms with Crippen LogP contribution in [0.1, 0.15) is 5.56 Å². The maximum Gasteiger partial charge on any atom is 0.0341 e. The van der Waals surface area contributed by atoms with Crippen molar-refractivity contribution in [2.75, 3.05) is 5.73 Å². The van der Waals surface area contributed by atoms with Gasteiger partial charge in [0.25, 0.3) is 0 Å². The van der Waals surface area contributed by atoms with Gasteiger partial charge in [-0.1, -0.05) is 30.2 Å². The molecule has 0 aliphatic carbocycles. The topological polar surface area (TPSA) is 26.0 Å². The second-order valence-electron chi connectivity index (χ2n) is 2.93. The van der Waals surface area contributed by atoms with Crippen molar-refractivity contribution in [1.29, 1.82) is 0 Å². The van der Waals surface area contributed by atoms with E-state index in [9.17, 15) is 0 Å². The predicted octanol–water partition coefficient (Wildman–Crippen LogP) is 2.40. The van der Waals surface area contributed by atoms with Gasteiger partial charge in [0.15, 0.2) is 0 Å². The molecule has 62 valence electrons. The minimum absolute atomic E-state index is 0.714. The van der Waals surface area contributed by atoms with E-state index < -0.39 is 0 Å². The molecule has 2 aromatic carbocycles. The molecule has 0 unspecified atom stereocenters. The number of anilines is 1. The summed E-state index contributed by atoms with van der Waals surface area (Å²) in [5.41, 5.74) is 7.28. The lowest BCUT2D eigenvalue weighted by Gasteiger charge is -2.02. The summed E-state index contributed by atoms with van der Waals surface area (Å²) in [5, 5.41) is 2.18. The smallest absolute Gasteiger partial charge is 0.0341 e. The van der Waals surface area contributed by atoms with Crippen LogP contribution in [0.15, 0.2) is 36.4 Å². The minimum atomic E-state index is 0.714. The Bertz CT molecular complexity index is 492. The lowest BCUT2D eigenvalue weighted by molar-refractivity contribution is 1.69. The first-order valence-electron chi connectivity index (χ1n) is 4.06. The average molecular weight is 167 g/mol. The van der Waals surface area contributed by atoms with Crippen molar-refractivity contribution in [2.24, 2.45) is 0 Å². The lowest BCUT2D eigenvalue weighted by Crippen LogP contribution is -1.87. The number of benzene rings is 2. The van der Waals surface area contributed by atoms with Gasteiger partial charge in [0.2, 0.25) is 0 Å². The van der Waals surface area contributed by atoms with Gasteiger partial charge < -0.3 is 5.73 Å². The summed E-state index contributed by atoms with van der Waals surface area (Å²) in [6, 6.07) is 11.7. The molecule has 1 nitrogen and oxygen atoms in total. The van der Waals surface area contributed by atoms with E-state index >= 15 is 0 Å². The van der Waals surface area contributed by atoms with Crippen LogP contribution in [0.3, 0.4) is 0 Å². The highest BCUT2D eigenvalue weighted by molar-refractivity contribution is 5.90. The SMILES string of the molecule is C#Cc1cc(N)cc2ccccc12. The fourth-order valence-corrected chi connectivity index (χ4v) is 1.45. The fraction of sp³-hybridized carbons (Fsp3) is 0. The fourth-order valence-electron chi connectivity index (χ4n) is 1.45. The normalized spacial score (nSPS) is 9.77. The molecule has 0 atom stereocenters. The first kappa shape index (κ1) is 7.70. The Balaban J connectivity index is 2.91. The van der Waals surface area contributed by atoms with E-state index in [2.05, 4.69) is 5.92 Å². The molecule has 2 aromatic rings. The van der Waals surface area contributed by atoms with E-state index in [4.69, 9.17) is 12.2 Å². The monoisotopic (exact) mass is 167 g/mol. The highest BCUT2D eigenvalue weighted by Gasteiger charge is 1.98. The quantitative estimate of drug-likeness (QED) is 0.473. The zero-order valence-electron chi connectivity index (χ0n) is 7.12. The molecule has 0 aromatic heterocycles. The van der Waals surface area contributed by atoms with E-state index in [-0.39, 0.29) is 0 Å². The summed E-state index contributed by atoms with van der Waals surface area (Å²) < 4.78 is 0. The van der Waals surface area contributed by atoms with Crippen LogP contribution in [0, 0.1) is 12.3 Å². The van der Waals surface area contributed by atoms with Crippen LogP contribution >= 0.6 is 0 Å². The molecule has 0 aliphatic rings. The average Bonchev–Trinajstić information content (AvgIpc) is 2.16. The van der Waals surface area contributed by atoms with Gasteiger partial charge in [-0.25, -0.2) is 0 Å². The largest absolute Gasteiger partial charge is 0.399 e. The first-order valence-corrected chi connectivity index (χ1v) is 4.06. The second kappa shape index (κ2) is 2.84. The Morgan fingerprint density at radius 2 is 1.92 bits per heavy atom. The van der Waals surface area contributed by atoms with E-state index in [0.717, 1.165) is 16.3 Å². The highest BCUT2D eigenvalue weighted by Crippen LogP contribution is 2.21. The molecule has 1 heteroatoms. The standard InChI is InChI=1S/C12H9N/c1-2-9-7-11(13)8-10-5-3-4-6-12(9)10/h1,3-8H,13H2. The predicted molar refractivity (Wildman–Crippen MR) is 56.3 cm³/mol. The van der Waals surface area contributed by atoms with Crippen LogP contribution in [0.2, 0.25) is 0 Å². The van der Waals surface area contributed by atoms with Crippen molar-refractivity contribution in [3.8, 4) is 12.3 Å². The summed E-state index contributed by atoms with van der Waals surface area (Å²) in [6.07, 6.45) is 5.38. The number of fused-ring (bicyclic) bond motifs is 1. The molecule has 0 bridgehead atoms. The maximum atomic E-state index is 5.70. The molecular weight excluding hydrogens is 158 g/mol. The van der Waals surface area contributed by atoms with Gasteiger partial charge in [-0.3, -0.25) is 0 Å². The molecule has 2 rings (SSSR count). The molecule has 0 saturated carbocycles. The molecule has 0 amide bonds. The number of hydrogen-bond acceptors (Lipinski definition) is 1. The molecule has 0 radical (unpaired) electrons. The number of hydrogen-bond donors (Lipinski definition) is 1. The van der Waals surface area contributed by atoms with Crippen molar-refractivity contribution in [3.05, 3.63) is 42.0 Å². The van der Waals surface area contributed by atoms with Gasteiger partial charge in [-0.2, -0.15) is 0 Å². The van der Waals surface area contributed by atoms with Crippen molar-refractivity contribution in [2.45, 2.75) is 0 Å². The Kier molecular flexibility index (Phi) is 1.68. The zero-order chi connectivity index (χ0) is 9.26. The van der Waals surface area contributed by atoms with E-state index in [1.54, 1.807) is 0 Å². The van der Waals surface area contributed by atoms with Crippen LogP contribution in [0.5, 0.6) is 0 Å². The lowest BCUT2D eigenvalue weighted by atomic mass is 10.0. The van der Waals surface area contributed by atoms with Crippen molar-refractivity contribution in [1.82, 2.24) is 0 Å². The van der Waals surface area contributed by atoms with Crippen LogP contribution in [-0.2, 0) is 0 Å². The molecule has 0 saturated heterocycles. The Labute approximate surface area is 77.2 Å².